The molecule has 0 aliphatic carbocycles. The van der Waals surface area contributed by atoms with Gasteiger partial charge in [-0.25, -0.2) is 14.8 Å². The number of aromatic nitrogens is 2. The van der Waals surface area contributed by atoms with Gasteiger partial charge in [0.05, 0.1) is 12.2 Å². The highest BCUT2D eigenvalue weighted by Crippen LogP contribution is 2.31. The summed E-state index contributed by atoms with van der Waals surface area (Å²) in [5.74, 6) is 0.371. The molecule has 2 aromatic carbocycles. The van der Waals surface area contributed by atoms with Gasteiger partial charge in [-0.1, -0.05) is 29.8 Å². The Morgan fingerprint density at radius 1 is 1.11 bits per heavy atom. The van der Waals surface area contributed by atoms with E-state index in [1.54, 1.807) is 31.2 Å². The Labute approximate surface area is 204 Å². The number of anilines is 4. The Bertz CT molecular complexity index is 1190. The number of nitroso groups, excluding NO2 is 1. The van der Waals surface area contributed by atoms with Gasteiger partial charge in [0.1, 0.15) is 0 Å². The molecule has 1 aliphatic heterocycles. The number of esters is 1. The zero-order valence-electron chi connectivity index (χ0n) is 19.9. The molecule has 10 nitrogen and oxygen atoms in total. The zero-order chi connectivity index (χ0) is 24.8. The van der Waals surface area contributed by atoms with Crippen molar-refractivity contribution in [3.8, 4) is 0 Å². The molecule has 0 radical (unpaired) electrons. The molecule has 3 aromatic rings. The molecule has 10 heteroatoms. The lowest BCUT2D eigenvalue weighted by atomic mass is 10.1. The number of benzene rings is 2. The number of hydrogen-bond acceptors (Lipinski definition) is 10. The molecule has 1 saturated heterocycles. The van der Waals surface area contributed by atoms with Gasteiger partial charge in [0.2, 0.25) is 5.82 Å². The van der Waals surface area contributed by atoms with Crippen LogP contribution in [0, 0.1) is 11.8 Å². The van der Waals surface area contributed by atoms with E-state index in [9.17, 15) is 9.70 Å². The number of nitrogens with two attached hydrogens (primary N) is 1. The van der Waals surface area contributed by atoms with E-state index in [-0.39, 0.29) is 17.6 Å². The monoisotopic (exact) mass is 475 g/mol. The quantitative estimate of drug-likeness (QED) is 0.367. The highest BCUT2D eigenvalue weighted by Gasteiger charge is 2.23. The molecule has 1 fully saturated rings. The second-order valence-corrected chi connectivity index (χ2v) is 8.37. The van der Waals surface area contributed by atoms with Gasteiger partial charge in [-0.05, 0) is 48.9 Å². The second kappa shape index (κ2) is 10.9. The number of hydrogen-bond donors (Lipinski definition) is 2. The molecule has 1 aromatic heterocycles. The fraction of sp³-hybridized carbons (Fsp3) is 0.320. The number of nitrogens with one attached hydrogen (secondary N) is 1. The largest absolute Gasteiger partial charge is 0.462 e. The lowest BCUT2D eigenvalue weighted by Crippen LogP contribution is -2.46. The molecule has 0 saturated carbocycles. The molecule has 3 N–H and O–H groups in total. The smallest absolute Gasteiger partial charge is 0.338 e. The average Bonchev–Trinajstić information content (AvgIpc) is 2.85. The Kier molecular flexibility index (Phi) is 7.51. The minimum Gasteiger partial charge on any atom is -0.462 e. The summed E-state index contributed by atoms with van der Waals surface area (Å²) in [6.45, 7) is 8.12. The normalized spacial score (nSPS) is 13.9. The van der Waals surface area contributed by atoms with Gasteiger partial charge in [-0.2, -0.15) is 0 Å². The average molecular weight is 476 g/mol. The molecule has 0 spiro atoms. The number of rotatable bonds is 8. The SMILES string of the molecule is CCOC(=O)c1ccc(Nc2nc(N)c(N=O)nc2N2CCN(Cc3cccc(C)c3)CC2)cc1. The van der Waals surface area contributed by atoms with Crippen molar-refractivity contribution in [1.82, 2.24) is 14.9 Å². The van der Waals surface area contributed by atoms with Gasteiger partial charge < -0.3 is 20.7 Å². The first-order valence-electron chi connectivity index (χ1n) is 11.5. The third kappa shape index (κ3) is 5.90. The van der Waals surface area contributed by atoms with Crippen LogP contribution in [-0.2, 0) is 11.3 Å². The van der Waals surface area contributed by atoms with Crippen molar-refractivity contribution in [2.75, 3.05) is 48.7 Å². The molecule has 4 rings (SSSR count). The molecule has 0 bridgehead atoms. The van der Waals surface area contributed by atoms with Crippen molar-refractivity contribution in [2.24, 2.45) is 5.18 Å². The molecular weight excluding hydrogens is 446 g/mol. The molecule has 1 aliphatic rings. The molecule has 0 atom stereocenters. The molecular formula is C25H29N7O3. The Morgan fingerprint density at radius 3 is 2.51 bits per heavy atom. The van der Waals surface area contributed by atoms with Gasteiger partial charge in [-0.15, -0.1) is 4.91 Å². The minimum absolute atomic E-state index is 0.0486. The zero-order valence-corrected chi connectivity index (χ0v) is 19.9. The summed E-state index contributed by atoms with van der Waals surface area (Å²) in [7, 11) is 0. The summed E-state index contributed by atoms with van der Waals surface area (Å²) in [4.78, 5) is 36.4. The van der Waals surface area contributed by atoms with Crippen LogP contribution < -0.4 is 16.0 Å². The molecule has 35 heavy (non-hydrogen) atoms. The Balaban J connectivity index is 1.49. The number of carbonyl (C=O) groups is 1. The van der Waals surface area contributed by atoms with Gasteiger partial charge in [-0.3, -0.25) is 4.90 Å². The number of ether oxygens (including phenoxy) is 1. The van der Waals surface area contributed by atoms with Crippen molar-refractivity contribution < 1.29 is 9.53 Å². The van der Waals surface area contributed by atoms with Crippen LogP contribution in [0.25, 0.3) is 0 Å². The predicted molar refractivity (Wildman–Crippen MR) is 136 cm³/mol. The first kappa shape index (κ1) is 24.1. The van der Waals surface area contributed by atoms with Gasteiger partial charge >= 0.3 is 5.97 Å². The highest BCUT2D eigenvalue weighted by atomic mass is 16.5. The van der Waals surface area contributed by atoms with Crippen LogP contribution in [0.15, 0.2) is 53.7 Å². The van der Waals surface area contributed by atoms with Crippen LogP contribution >= 0.6 is 0 Å². The summed E-state index contributed by atoms with van der Waals surface area (Å²) in [6.07, 6.45) is 0. The van der Waals surface area contributed by atoms with Gasteiger partial charge in [0, 0.05) is 38.4 Å². The molecule has 2 heterocycles. The first-order chi connectivity index (χ1) is 17.0. The Morgan fingerprint density at radius 2 is 1.86 bits per heavy atom. The van der Waals surface area contributed by atoms with Crippen molar-refractivity contribution in [2.45, 2.75) is 20.4 Å². The van der Waals surface area contributed by atoms with Crippen LogP contribution in [0.1, 0.15) is 28.4 Å². The van der Waals surface area contributed by atoms with Crippen LogP contribution in [0.2, 0.25) is 0 Å². The minimum atomic E-state index is -0.381. The predicted octanol–water partition coefficient (Wildman–Crippen LogP) is 4.01. The van der Waals surface area contributed by atoms with E-state index < -0.39 is 0 Å². The third-order valence-electron chi connectivity index (χ3n) is 5.79. The summed E-state index contributed by atoms with van der Waals surface area (Å²) < 4.78 is 5.03. The number of carbonyl (C=O) groups excluding carboxylic acids is 1. The lowest BCUT2D eigenvalue weighted by Gasteiger charge is -2.36. The maximum absolute atomic E-state index is 11.9. The molecule has 0 amide bonds. The van der Waals surface area contributed by atoms with E-state index in [2.05, 4.69) is 61.5 Å². The van der Waals surface area contributed by atoms with Crippen molar-refractivity contribution in [3.05, 3.63) is 70.1 Å². The van der Waals surface area contributed by atoms with E-state index in [1.807, 2.05) is 0 Å². The summed E-state index contributed by atoms with van der Waals surface area (Å²) in [5, 5.41) is 6.15. The highest BCUT2D eigenvalue weighted by molar-refractivity contribution is 5.90. The van der Waals surface area contributed by atoms with Gasteiger partial charge in [0.25, 0.3) is 0 Å². The van der Waals surface area contributed by atoms with E-state index in [0.29, 0.717) is 42.6 Å². The molecule has 182 valence electrons. The fourth-order valence-electron chi connectivity index (χ4n) is 4.03. The first-order valence-corrected chi connectivity index (χ1v) is 11.5. The van der Waals surface area contributed by atoms with E-state index in [4.69, 9.17) is 10.5 Å². The van der Waals surface area contributed by atoms with Crippen LogP contribution in [0.3, 0.4) is 0 Å². The Hall–Kier alpha value is -4.05. The fourth-order valence-corrected chi connectivity index (χ4v) is 4.03. The molecule has 0 unspecified atom stereocenters. The number of nitrogen functional groups attached to an aromatic ring is 1. The van der Waals surface area contributed by atoms with Crippen LogP contribution in [-0.4, -0.2) is 53.6 Å². The van der Waals surface area contributed by atoms with E-state index in [0.717, 1.165) is 19.6 Å². The summed E-state index contributed by atoms with van der Waals surface area (Å²) >= 11 is 0. The van der Waals surface area contributed by atoms with Crippen molar-refractivity contribution in [3.63, 3.8) is 0 Å². The maximum Gasteiger partial charge on any atom is 0.338 e. The number of nitrogens with zero attached hydrogens (tertiary/aromatic N) is 5. The summed E-state index contributed by atoms with van der Waals surface area (Å²) in [6, 6.07) is 15.4. The second-order valence-electron chi connectivity index (χ2n) is 8.37. The van der Waals surface area contributed by atoms with E-state index in [1.165, 1.54) is 11.1 Å². The lowest BCUT2D eigenvalue weighted by molar-refractivity contribution is 0.0526. The number of aryl methyl sites for hydroxylation is 1. The van der Waals surface area contributed by atoms with Crippen LogP contribution in [0.5, 0.6) is 0 Å². The van der Waals surface area contributed by atoms with Crippen LogP contribution in [0.4, 0.5) is 29.0 Å². The summed E-state index contributed by atoms with van der Waals surface area (Å²) in [5.41, 5.74) is 9.58. The standard InChI is InChI=1S/C25H29N7O3/c1-3-35-25(33)19-7-9-20(10-8-19)27-23-24(29-22(30-34)21(26)28-23)32-13-11-31(12-14-32)16-18-6-4-5-17(2)15-18/h4-10,15H,3,11-14,16H2,1-2H3,(H3,26,27,28). The topological polar surface area (TPSA) is 126 Å². The number of piperazine rings is 1. The van der Waals surface area contributed by atoms with Crippen molar-refractivity contribution >= 4 is 34.9 Å². The van der Waals surface area contributed by atoms with Gasteiger partial charge in [0.15, 0.2) is 17.5 Å². The third-order valence-corrected chi connectivity index (χ3v) is 5.79. The maximum atomic E-state index is 11.9. The van der Waals surface area contributed by atoms with E-state index >= 15 is 0 Å². The van der Waals surface area contributed by atoms with Crippen molar-refractivity contribution in [1.29, 1.82) is 0 Å².